The van der Waals surface area contributed by atoms with Crippen LogP contribution in [0.1, 0.15) is 29.0 Å². The molecule has 1 saturated heterocycles. The Labute approximate surface area is 209 Å². The van der Waals surface area contributed by atoms with Crippen molar-refractivity contribution >= 4 is 38.7 Å². The molecule has 178 valence electrons. The highest BCUT2D eigenvalue weighted by Crippen LogP contribution is 2.42. The van der Waals surface area contributed by atoms with E-state index in [9.17, 15) is 8.42 Å². The minimum atomic E-state index is -3.39. The van der Waals surface area contributed by atoms with Gasteiger partial charge in [-0.2, -0.15) is 0 Å². The van der Waals surface area contributed by atoms with Crippen LogP contribution in [-0.4, -0.2) is 34.3 Å². The van der Waals surface area contributed by atoms with Gasteiger partial charge in [0.05, 0.1) is 23.7 Å². The lowest BCUT2D eigenvalue weighted by molar-refractivity contribution is 0.548. The third-order valence-corrected chi connectivity index (χ3v) is 6.77. The van der Waals surface area contributed by atoms with E-state index in [4.69, 9.17) is 12.2 Å². The van der Waals surface area contributed by atoms with Crippen LogP contribution in [-0.2, 0) is 10.0 Å². The van der Waals surface area contributed by atoms with Gasteiger partial charge in [0.2, 0.25) is 10.0 Å². The highest BCUT2D eigenvalue weighted by molar-refractivity contribution is 7.92. The first-order chi connectivity index (χ1) is 16.8. The first-order valence-electron chi connectivity index (χ1n) is 11.0. The van der Waals surface area contributed by atoms with Crippen LogP contribution in [0, 0.1) is 6.92 Å². The molecule has 1 fully saturated rings. The number of thiocarbonyl (C=S) groups is 1. The number of benzene rings is 1. The number of sulfonamides is 1. The molecule has 5 rings (SSSR count). The summed E-state index contributed by atoms with van der Waals surface area (Å²) < 4.78 is 28.1. The fourth-order valence-corrected chi connectivity index (χ4v) is 5.36. The first kappa shape index (κ1) is 23.0. The zero-order chi connectivity index (χ0) is 24.6. The SMILES string of the molecule is Cc1cc(N2C(=S)N[C@@H](c3ccccn3)[C@@H]2c2cccn2-c2ccccn2)ccc1NS(C)(=O)=O. The zero-order valence-electron chi connectivity index (χ0n) is 19.2. The van der Waals surface area contributed by atoms with Crippen molar-refractivity contribution in [3.05, 3.63) is 102 Å². The van der Waals surface area contributed by atoms with Crippen LogP contribution in [0.25, 0.3) is 5.82 Å². The average Bonchev–Trinajstić information content (AvgIpc) is 3.45. The molecule has 0 saturated carbocycles. The second-order valence-electron chi connectivity index (χ2n) is 8.36. The van der Waals surface area contributed by atoms with Crippen molar-refractivity contribution < 1.29 is 8.42 Å². The quantitative estimate of drug-likeness (QED) is 0.382. The van der Waals surface area contributed by atoms with Gasteiger partial charge in [0.25, 0.3) is 0 Å². The lowest BCUT2D eigenvalue weighted by Gasteiger charge is -2.29. The van der Waals surface area contributed by atoms with Crippen molar-refractivity contribution in [2.75, 3.05) is 15.9 Å². The second kappa shape index (κ2) is 9.12. The predicted octanol–water partition coefficient (Wildman–Crippen LogP) is 4.12. The smallest absolute Gasteiger partial charge is 0.229 e. The second-order valence-corrected chi connectivity index (χ2v) is 10.5. The number of rotatable bonds is 6. The molecule has 1 aliphatic heterocycles. The molecule has 10 heteroatoms. The monoisotopic (exact) mass is 504 g/mol. The van der Waals surface area contributed by atoms with E-state index in [0.717, 1.165) is 34.7 Å². The Bertz CT molecular complexity index is 1470. The summed E-state index contributed by atoms with van der Waals surface area (Å²) in [4.78, 5) is 11.2. The molecule has 0 amide bonds. The third kappa shape index (κ3) is 4.62. The average molecular weight is 505 g/mol. The van der Waals surface area contributed by atoms with E-state index in [2.05, 4.69) is 35.5 Å². The number of aromatic nitrogens is 3. The molecule has 4 aromatic rings. The Morgan fingerprint density at radius 3 is 2.43 bits per heavy atom. The fraction of sp³-hybridized carbons (Fsp3) is 0.160. The summed E-state index contributed by atoms with van der Waals surface area (Å²) in [7, 11) is -3.39. The van der Waals surface area contributed by atoms with Gasteiger partial charge in [-0.15, -0.1) is 0 Å². The molecule has 0 unspecified atom stereocenters. The molecule has 1 aliphatic rings. The van der Waals surface area contributed by atoms with Crippen LogP contribution >= 0.6 is 12.2 Å². The first-order valence-corrected chi connectivity index (χ1v) is 13.3. The van der Waals surface area contributed by atoms with Crippen LogP contribution in [0.3, 0.4) is 0 Å². The maximum absolute atomic E-state index is 11.8. The van der Waals surface area contributed by atoms with Crippen molar-refractivity contribution in [3.63, 3.8) is 0 Å². The third-order valence-electron chi connectivity index (χ3n) is 5.86. The summed E-state index contributed by atoms with van der Waals surface area (Å²) >= 11 is 5.82. The van der Waals surface area contributed by atoms with E-state index < -0.39 is 10.0 Å². The number of aryl methyl sites for hydroxylation is 1. The molecule has 0 radical (unpaired) electrons. The summed E-state index contributed by atoms with van der Waals surface area (Å²) in [6.45, 7) is 1.87. The minimum absolute atomic E-state index is 0.213. The maximum Gasteiger partial charge on any atom is 0.229 e. The number of nitrogens with one attached hydrogen (secondary N) is 2. The topological polar surface area (TPSA) is 92.2 Å². The minimum Gasteiger partial charge on any atom is -0.351 e. The van der Waals surface area contributed by atoms with Gasteiger partial charge in [0, 0.05) is 30.0 Å². The molecule has 0 spiro atoms. The fourth-order valence-electron chi connectivity index (χ4n) is 4.39. The molecule has 2 N–H and O–H groups in total. The predicted molar refractivity (Wildman–Crippen MR) is 141 cm³/mol. The Morgan fingerprint density at radius 1 is 1.00 bits per heavy atom. The van der Waals surface area contributed by atoms with Gasteiger partial charge in [0.15, 0.2) is 5.11 Å². The van der Waals surface area contributed by atoms with Crippen molar-refractivity contribution in [1.29, 1.82) is 0 Å². The van der Waals surface area contributed by atoms with Crippen molar-refractivity contribution in [2.45, 2.75) is 19.0 Å². The largest absolute Gasteiger partial charge is 0.351 e. The molecular formula is C25H24N6O2S2. The van der Waals surface area contributed by atoms with Crippen LogP contribution in [0.2, 0.25) is 0 Å². The maximum atomic E-state index is 11.8. The number of pyridine rings is 2. The van der Waals surface area contributed by atoms with E-state index in [1.54, 1.807) is 18.5 Å². The Kier molecular flexibility index (Phi) is 6.00. The number of nitrogens with zero attached hydrogens (tertiary/aromatic N) is 4. The lowest BCUT2D eigenvalue weighted by Crippen LogP contribution is -2.30. The number of hydrogen-bond donors (Lipinski definition) is 2. The van der Waals surface area contributed by atoms with Gasteiger partial charge in [0.1, 0.15) is 11.9 Å². The summed E-state index contributed by atoms with van der Waals surface area (Å²) in [5.41, 5.74) is 4.02. The van der Waals surface area contributed by atoms with Crippen LogP contribution < -0.4 is 14.9 Å². The lowest BCUT2D eigenvalue weighted by atomic mass is 10.0. The standard InChI is InChI=1S/C25H24N6O2S2/c1-17-16-18(11-12-19(17)29-35(2,32)33)31-24(23(28-25(31)34)20-8-3-5-13-26-20)21-9-7-15-30(21)22-10-4-6-14-27-22/h3-16,23-24,29H,1-2H3,(H,28,34)/t23-,24-/m0/s1. The van der Waals surface area contributed by atoms with Crippen LogP contribution in [0.5, 0.6) is 0 Å². The number of anilines is 2. The Hall–Kier alpha value is -3.76. The molecule has 8 nitrogen and oxygen atoms in total. The summed E-state index contributed by atoms with van der Waals surface area (Å²) in [5.74, 6) is 0.800. The molecular weight excluding hydrogens is 480 g/mol. The van der Waals surface area contributed by atoms with Crippen molar-refractivity contribution in [1.82, 2.24) is 19.9 Å². The molecule has 0 bridgehead atoms. The van der Waals surface area contributed by atoms with Gasteiger partial charge >= 0.3 is 0 Å². The van der Waals surface area contributed by atoms with Crippen LogP contribution in [0.4, 0.5) is 11.4 Å². The Morgan fingerprint density at radius 2 is 1.77 bits per heavy atom. The highest BCUT2D eigenvalue weighted by atomic mass is 32.2. The molecule has 35 heavy (non-hydrogen) atoms. The van der Waals surface area contributed by atoms with E-state index in [1.807, 2.05) is 67.7 Å². The number of hydrogen-bond acceptors (Lipinski definition) is 5. The van der Waals surface area contributed by atoms with Gasteiger partial charge in [-0.3, -0.25) is 9.71 Å². The zero-order valence-corrected chi connectivity index (χ0v) is 20.8. The van der Waals surface area contributed by atoms with E-state index in [0.29, 0.717) is 10.8 Å². The van der Waals surface area contributed by atoms with E-state index in [-0.39, 0.29) is 12.1 Å². The van der Waals surface area contributed by atoms with E-state index >= 15 is 0 Å². The summed E-state index contributed by atoms with van der Waals surface area (Å²) in [5, 5.41) is 4.02. The van der Waals surface area contributed by atoms with Gasteiger partial charge < -0.3 is 14.8 Å². The molecule has 1 aromatic carbocycles. The summed E-state index contributed by atoms with van der Waals surface area (Å²) in [6.07, 6.45) is 6.66. The normalized spacial score (nSPS) is 17.9. The van der Waals surface area contributed by atoms with Gasteiger partial charge in [-0.25, -0.2) is 13.4 Å². The highest BCUT2D eigenvalue weighted by Gasteiger charge is 2.42. The molecule has 3 aromatic heterocycles. The molecule has 2 atom stereocenters. The van der Waals surface area contributed by atoms with Gasteiger partial charge in [-0.05, 0) is 79.3 Å². The van der Waals surface area contributed by atoms with Crippen molar-refractivity contribution in [3.8, 4) is 5.82 Å². The Balaban J connectivity index is 1.63. The van der Waals surface area contributed by atoms with Crippen LogP contribution in [0.15, 0.2) is 85.3 Å². The molecule has 0 aliphatic carbocycles. The van der Waals surface area contributed by atoms with Gasteiger partial charge in [-0.1, -0.05) is 12.1 Å². The molecule has 4 heterocycles. The van der Waals surface area contributed by atoms with E-state index in [1.165, 1.54) is 0 Å². The summed E-state index contributed by atoms with van der Waals surface area (Å²) in [6, 6.07) is 20.8. The van der Waals surface area contributed by atoms with Crippen molar-refractivity contribution in [2.24, 2.45) is 0 Å².